The van der Waals surface area contributed by atoms with Crippen LogP contribution < -0.4 is 4.74 Å². The molecule has 0 fully saturated rings. The smallest absolute Gasteiger partial charge is 0.119 e. The number of methoxy groups -OCH3 is 1. The molecule has 3 nitrogen and oxygen atoms in total. The summed E-state index contributed by atoms with van der Waals surface area (Å²) in [5.74, 6) is 1.40. The quantitative estimate of drug-likeness (QED) is 0.737. The second kappa shape index (κ2) is 10.5. The fraction of sp³-hybridized carbons (Fsp3) is 0.333. The first-order valence-electron chi connectivity index (χ1n) is 9.50. The third kappa shape index (κ3) is 5.71. The van der Waals surface area contributed by atoms with Crippen molar-refractivity contribution in [1.29, 1.82) is 0 Å². The molecule has 0 saturated carbocycles. The molecule has 0 heterocycles. The minimum Gasteiger partial charge on any atom is -0.497 e. The summed E-state index contributed by atoms with van der Waals surface area (Å²) in [7, 11) is 5.98. The average Bonchev–Trinajstić information content (AvgIpc) is 2.69. The van der Waals surface area contributed by atoms with Crippen LogP contribution in [0.25, 0.3) is 11.6 Å². The topological polar surface area (TPSA) is 32.7 Å². The van der Waals surface area contributed by atoms with E-state index in [2.05, 4.69) is 61.5 Å². The molecule has 1 N–H and O–H groups in total. The van der Waals surface area contributed by atoms with Crippen LogP contribution in [0.4, 0.5) is 0 Å². The predicted molar refractivity (Wildman–Crippen MR) is 120 cm³/mol. The van der Waals surface area contributed by atoms with Crippen molar-refractivity contribution >= 4 is 24.1 Å². The maximum Gasteiger partial charge on any atom is 0.119 e. The van der Waals surface area contributed by atoms with Crippen molar-refractivity contribution in [3.63, 3.8) is 0 Å². The largest absolute Gasteiger partial charge is 0.497 e. The molecule has 0 bridgehead atoms. The molecule has 4 heteroatoms. The van der Waals surface area contributed by atoms with Crippen LogP contribution in [0.15, 0.2) is 60.2 Å². The lowest BCUT2D eigenvalue weighted by molar-refractivity contribution is 0.282. The Morgan fingerprint density at radius 1 is 1.14 bits per heavy atom. The summed E-state index contributed by atoms with van der Waals surface area (Å²) in [6, 6.07) is 16.5. The molecule has 1 atom stereocenters. The minimum absolute atomic E-state index is 0. The number of allylic oxidation sites excluding steroid dienone is 2. The lowest BCUT2D eigenvalue weighted by atomic mass is 9.81. The van der Waals surface area contributed by atoms with Gasteiger partial charge in [0.15, 0.2) is 0 Å². The molecule has 2 aromatic rings. The van der Waals surface area contributed by atoms with Crippen molar-refractivity contribution in [1.82, 2.24) is 4.90 Å². The summed E-state index contributed by atoms with van der Waals surface area (Å²) in [6.07, 6.45) is 6.78. The van der Waals surface area contributed by atoms with Gasteiger partial charge in [0, 0.05) is 6.54 Å². The summed E-state index contributed by atoms with van der Waals surface area (Å²) < 4.78 is 5.43. The fourth-order valence-corrected chi connectivity index (χ4v) is 3.75. The van der Waals surface area contributed by atoms with Crippen molar-refractivity contribution in [2.75, 3.05) is 27.7 Å². The highest BCUT2D eigenvalue weighted by Crippen LogP contribution is 2.37. The van der Waals surface area contributed by atoms with Crippen LogP contribution in [0.5, 0.6) is 5.75 Å². The zero-order valence-electron chi connectivity index (χ0n) is 16.9. The Morgan fingerprint density at radius 2 is 1.93 bits per heavy atom. The Kier molecular flexibility index (Phi) is 8.31. The van der Waals surface area contributed by atoms with E-state index in [1.54, 1.807) is 7.11 Å². The molecule has 28 heavy (non-hydrogen) atoms. The highest BCUT2D eigenvalue weighted by Gasteiger charge is 2.22. The van der Waals surface area contributed by atoms with Crippen LogP contribution in [0.2, 0.25) is 0 Å². The van der Waals surface area contributed by atoms with Crippen molar-refractivity contribution in [2.24, 2.45) is 5.92 Å². The lowest BCUT2D eigenvalue weighted by Gasteiger charge is -2.29. The number of halogens is 1. The molecule has 0 radical (unpaired) electrons. The van der Waals surface area contributed by atoms with Gasteiger partial charge in [-0.25, -0.2) is 0 Å². The van der Waals surface area contributed by atoms with Crippen molar-refractivity contribution in [3.8, 4) is 5.75 Å². The third-order valence-corrected chi connectivity index (χ3v) is 5.04. The molecule has 2 aromatic carbocycles. The second-order valence-corrected chi connectivity index (χ2v) is 7.45. The Morgan fingerprint density at radius 3 is 2.64 bits per heavy atom. The lowest BCUT2D eigenvalue weighted by Crippen LogP contribution is -2.24. The van der Waals surface area contributed by atoms with Gasteiger partial charge in [-0.1, -0.05) is 42.5 Å². The Balaban J connectivity index is 0.00000280. The maximum absolute atomic E-state index is 9.38. The van der Waals surface area contributed by atoms with E-state index >= 15 is 0 Å². The van der Waals surface area contributed by atoms with Crippen molar-refractivity contribution in [3.05, 3.63) is 76.9 Å². The molecular formula is C24H30ClNO2. The molecule has 1 aliphatic rings. The first kappa shape index (κ1) is 22.2. The first-order chi connectivity index (χ1) is 13.1. The standard InChI is InChI=1S/C24H29NO2.ClH/c1-25(2)16-22-11-10-19(12-18-6-4-7-20(13-18)17-26)14-24(22)21-8-5-9-23(15-21)27-3;/h4-9,12-15,22,26H,10-11,16-17H2,1-3H3;1H/b19-12-;. The molecule has 0 spiro atoms. The molecule has 1 unspecified atom stereocenters. The molecule has 0 aliphatic heterocycles. The van der Waals surface area contributed by atoms with E-state index in [1.165, 1.54) is 16.7 Å². The molecular weight excluding hydrogens is 370 g/mol. The van der Waals surface area contributed by atoms with E-state index in [1.807, 2.05) is 18.2 Å². The third-order valence-electron chi connectivity index (χ3n) is 5.04. The fourth-order valence-electron chi connectivity index (χ4n) is 3.75. The minimum atomic E-state index is 0. The van der Waals surface area contributed by atoms with Gasteiger partial charge in [-0.15, -0.1) is 12.4 Å². The Labute approximate surface area is 174 Å². The van der Waals surface area contributed by atoms with E-state index in [0.717, 1.165) is 36.3 Å². The predicted octanol–water partition coefficient (Wildman–Crippen LogP) is 5.05. The maximum atomic E-state index is 9.38. The van der Waals surface area contributed by atoms with Crippen LogP contribution >= 0.6 is 12.4 Å². The van der Waals surface area contributed by atoms with E-state index in [9.17, 15) is 5.11 Å². The summed E-state index contributed by atoms with van der Waals surface area (Å²) in [4.78, 5) is 2.26. The molecule has 1 aliphatic carbocycles. The van der Waals surface area contributed by atoms with Crippen LogP contribution in [-0.2, 0) is 6.61 Å². The molecule has 0 aromatic heterocycles. The molecule has 3 rings (SSSR count). The summed E-state index contributed by atoms with van der Waals surface area (Å²) >= 11 is 0. The van der Waals surface area contributed by atoms with Crippen LogP contribution in [0.3, 0.4) is 0 Å². The van der Waals surface area contributed by atoms with E-state index in [4.69, 9.17) is 4.74 Å². The molecule has 0 amide bonds. The van der Waals surface area contributed by atoms with Gasteiger partial charge < -0.3 is 14.7 Å². The van der Waals surface area contributed by atoms with Gasteiger partial charge in [0.2, 0.25) is 0 Å². The second-order valence-electron chi connectivity index (χ2n) is 7.45. The average molecular weight is 400 g/mol. The van der Waals surface area contributed by atoms with Crippen LogP contribution in [0, 0.1) is 5.92 Å². The number of ether oxygens (including phenoxy) is 1. The number of hydrogen-bond donors (Lipinski definition) is 1. The zero-order chi connectivity index (χ0) is 19.2. The number of aliphatic hydroxyl groups excluding tert-OH is 1. The summed E-state index contributed by atoms with van der Waals surface area (Å²) in [5, 5.41) is 9.38. The first-order valence-corrected chi connectivity index (χ1v) is 9.50. The van der Waals surface area contributed by atoms with E-state index in [0.29, 0.717) is 5.92 Å². The van der Waals surface area contributed by atoms with Gasteiger partial charge >= 0.3 is 0 Å². The van der Waals surface area contributed by atoms with Gasteiger partial charge in [0.1, 0.15) is 5.75 Å². The molecule has 150 valence electrons. The Bertz CT molecular complexity index is 842. The van der Waals surface area contributed by atoms with Crippen LogP contribution in [-0.4, -0.2) is 37.8 Å². The van der Waals surface area contributed by atoms with Crippen molar-refractivity contribution in [2.45, 2.75) is 19.4 Å². The van der Waals surface area contributed by atoms with Gasteiger partial charge in [-0.2, -0.15) is 0 Å². The van der Waals surface area contributed by atoms with E-state index in [-0.39, 0.29) is 19.0 Å². The number of benzene rings is 2. The van der Waals surface area contributed by atoms with Gasteiger partial charge in [0.25, 0.3) is 0 Å². The highest BCUT2D eigenvalue weighted by molar-refractivity contribution is 5.85. The number of nitrogens with zero attached hydrogens (tertiary/aromatic N) is 1. The van der Waals surface area contributed by atoms with Gasteiger partial charge in [0.05, 0.1) is 13.7 Å². The Hall–Kier alpha value is -2.07. The highest BCUT2D eigenvalue weighted by atomic mass is 35.5. The zero-order valence-corrected chi connectivity index (χ0v) is 17.7. The van der Waals surface area contributed by atoms with Gasteiger partial charge in [-0.05, 0) is 78.9 Å². The van der Waals surface area contributed by atoms with Crippen LogP contribution in [0.1, 0.15) is 29.5 Å². The molecule has 0 saturated heterocycles. The SMILES string of the molecule is COc1cccc(C2=C/C(=C\c3cccc(CO)c3)CCC2CN(C)C)c1.Cl. The normalized spacial score (nSPS) is 18.0. The summed E-state index contributed by atoms with van der Waals surface area (Å²) in [5.41, 5.74) is 6.03. The van der Waals surface area contributed by atoms with E-state index < -0.39 is 0 Å². The number of hydrogen-bond acceptors (Lipinski definition) is 3. The number of aliphatic hydroxyl groups is 1. The monoisotopic (exact) mass is 399 g/mol. The summed E-state index contributed by atoms with van der Waals surface area (Å²) in [6.45, 7) is 1.11. The van der Waals surface area contributed by atoms with Crippen molar-refractivity contribution < 1.29 is 9.84 Å². The van der Waals surface area contributed by atoms with Gasteiger partial charge in [-0.3, -0.25) is 0 Å². The number of rotatable bonds is 6.